The van der Waals surface area contributed by atoms with Gasteiger partial charge in [-0.15, -0.1) is 0 Å². The molecule has 0 spiro atoms. The number of methoxy groups -OCH3 is 1. The largest absolute Gasteiger partial charge is 0.382 e. The van der Waals surface area contributed by atoms with E-state index in [1.807, 2.05) is 0 Å². The molecule has 0 amide bonds. The van der Waals surface area contributed by atoms with Gasteiger partial charge in [-0.2, -0.15) is 0 Å². The lowest BCUT2D eigenvalue weighted by Gasteiger charge is -2.20. The van der Waals surface area contributed by atoms with Gasteiger partial charge in [0.05, 0.1) is 12.1 Å². The minimum atomic E-state index is 0.215. The van der Waals surface area contributed by atoms with Gasteiger partial charge in [-0.25, -0.2) is 9.97 Å². The summed E-state index contributed by atoms with van der Waals surface area (Å²) < 4.78 is 5.39. The highest BCUT2D eigenvalue weighted by atomic mass is 35.5. The van der Waals surface area contributed by atoms with Crippen LogP contribution in [0.3, 0.4) is 0 Å². The first-order valence-electron chi connectivity index (χ1n) is 5.27. The minimum Gasteiger partial charge on any atom is -0.382 e. The number of nitrogens with zero attached hydrogens (tertiary/aromatic N) is 2. The SMILES string of the molecule is COC1CCCC1Nc1ncnc(N)c1Cl. The molecule has 1 aliphatic carbocycles. The van der Waals surface area contributed by atoms with Crippen LogP contribution >= 0.6 is 11.6 Å². The Labute approximate surface area is 99.4 Å². The molecule has 3 N–H and O–H groups in total. The maximum Gasteiger partial charge on any atom is 0.150 e. The van der Waals surface area contributed by atoms with Crippen LogP contribution in [-0.4, -0.2) is 29.2 Å². The number of nitrogens with two attached hydrogens (primary N) is 1. The molecular formula is C10H15ClN4O. The standard InChI is InChI=1S/C10H15ClN4O/c1-16-7-4-2-3-6(7)15-10-8(11)9(12)13-5-14-10/h5-7H,2-4H2,1H3,(H3,12,13,14,15). The second-order valence-corrected chi connectivity index (χ2v) is 4.26. The Bertz CT molecular complexity index is 374. The van der Waals surface area contributed by atoms with Gasteiger partial charge < -0.3 is 15.8 Å². The second-order valence-electron chi connectivity index (χ2n) is 3.88. The van der Waals surface area contributed by atoms with Gasteiger partial charge in [0.25, 0.3) is 0 Å². The molecule has 2 rings (SSSR count). The van der Waals surface area contributed by atoms with Crippen molar-refractivity contribution in [1.29, 1.82) is 0 Å². The van der Waals surface area contributed by atoms with Crippen LogP contribution in [-0.2, 0) is 4.74 Å². The van der Waals surface area contributed by atoms with Gasteiger partial charge in [-0.3, -0.25) is 0 Å². The Balaban J connectivity index is 2.11. The van der Waals surface area contributed by atoms with Crippen molar-refractivity contribution >= 4 is 23.2 Å². The van der Waals surface area contributed by atoms with Gasteiger partial charge in [-0.05, 0) is 19.3 Å². The Morgan fingerprint density at radius 2 is 2.31 bits per heavy atom. The first kappa shape index (κ1) is 11.4. The summed E-state index contributed by atoms with van der Waals surface area (Å²) in [5.74, 6) is 0.884. The van der Waals surface area contributed by atoms with Crippen LogP contribution < -0.4 is 11.1 Å². The highest BCUT2D eigenvalue weighted by Gasteiger charge is 2.27. The smallest absolute Gasteiger partial charge is 0.150 e. The lowest BCUT2D eigenvalue weighted by atomic mass is 10.2. The lowest BCUT2D eigenvalue weighted by molar-refractivity contribution is 0.101. The second kappa shape index (κ2) is 4.84. The molecule has 6 heteroatoms. The molecule has 1 aromatic rings. The molecule has 1 saturated carbocycles. The quantitative estimate of drug-likeness (QED) is 0.844. The van der Waals surface area contributed by atoms with Gasteiger partial charge in [0.2, 0.25) is 0 Å². The average Bonchev–Trinajstić information content (AvgIpc) is 2.72. The van der Waals surface area contributed by atoms with Crippen molar-refractivity contribution in [2.24, 2.45) is 0 Å². The van der Waals surface area contributed by atoms with Crippen molar-refractivity contribution in [1.82, 2.24) is 9.97 Å². The summed E-state index contributed by atoms with van der Waals surface area (Å²) in [6.07, 6.45) is 4.88. The Morgan fingerprint density at radius 1 is 1.50 bits per heavy atom. The molecule has 2 atom stereocenters. The van der Waals surface area contributed by atoms with Gasteiger partial charge in [-0.1, -0.05) is 11.6 Å². The summed E-state index contributed by atoms with van der Waals surface area (Å²) in [7, 11) is 1.72. The fraction of sp³-hybridized carbons (Fsp3) is 0.600. The number of nitrogen functional groups attached to an aromatic ring is 1. The number of aromatic nitrogens is 2. The van der Waals surface area contributed by atoms with E-state index in [-0.39, 0.29) is 12.1 Å². The van der Waals surface area contributed by atoms with E-state index in [1.165, 1.54) is 6.33 Å². The van der Waals surface area contributed by atoms with Crippen LogP contribution in [0, 0.1) is 0 Å². The van der Waals surface area contributed by atoms with Crippen molar-refractivity contribution in [2.75, 3.05) is 18.2 Å². The van der Waals surface area contributed by atoms with Crippen LogP contribution in [0.25, 0.3) is 0 Å². The summed E-state index contributed by atoms with van der Waals surface area (Å²) in [5, 5.41) is 3.64. The van der Waals surface area contributed by atoms with Crippen molar-refractivity contribution in [3.63, 3.8) is 0 Å². The van der Waals surface area contributed by atoms with Crippen molar-refractivity contribution in [2.45, 2.75) is 31.4 Å². The number of rotatable bonds is 3. The van der Waals surface area contributed by atoms with Gasteiger partial charge in [0, 0.05) is 7.11 Å². The first-order chi connectivity index (χ1) is 7.72. The Kier molecular flexibility index (Phi) is 3.46. The average molecular weight is 243 g/mol. The number of halogens is 1. The number of hydrogen-bond donors (Lipinski definition) is 2. The fourth-order valence-corrected chi connectivity index (χ4v) is 2.19. The molecule has 0 aromatic carbocycles. The van der Waals surface area contributed by atoms with E-state index in [1.54, 1.807) is 7.11 Å². The van der Waals surface area contributed by atoms with E-state index < -0.39 is 0 Å². The van der Waals surface area contributed by atoms with Crippen LogP contribution in [0.2, 0.25) is 5.02 Å². The third-order valence-corrected chi connectivity index (χ3v) is 3.27. The molecule has 0 aliphatic heterocycles. The lowest BCUT2D eigenvalue weighted by Crippen LogP contribution is -2.30. The van der Waals surface area contributed by atoms with Crippen molar-refractivity contribution < 1.29 is 4.74 Å². The molecule has 1 fully saturated rings. The first-order valence-corrected chi connectivity index (χ1v) is 5.65. The summed E-state index contributed by atoms with van der Waals surface area (Å²) >= 11 is 6.01. The van der Waals surface area contributed by atoms with Gasteiger partial charge >= 0.3 is 0 Å². The number of ether oxygens (including phenoxy) is 1. The number of nitrogens with one attached hydrogen (secondary N) is 1. The highest BCUT2D eigenvalue weighted by molar-refractivity contribution is 6.35. The molecular weight excluding hydrogens is 228 g/mol. The number of hydrogen-bond acceptors (Lipinski definition) is 5. The van der Waals surface area contributed by atoms with Gasteiger partial charge in [0.15, 0.2) is 5.82 Å². The molecule has 0 saturated heterocycles. The summed E-state index contributed by atoms with van der Waals surface area (Å²) in [5.41, 5.74) is 5.61. The van der Waals surface area contributed by atoms with E-state index in [4.69, 9.17) is 22.1 Å². The molecule has 0 radical (unpaired) electrons. The fourth-order valence-electron chi connectivity index (χ4n) is 2.03. The van der Waals surface area contributed by atoms with E-state index in [9.17, 15) is 0 Å². The third-order valence-electron chi connectivity index (χ3n) is 2.89. The van der Waals surface area contributed by atoms with E-state index in [2.05, 4.69) is 15.3 Å². The maximum atomic E-state index is 6.01. The summed E-state index contributed by atoms with van der Waals surface area (Å²) in [6, 6.07) is 0.247. The number of anilines is 2. The van der Waals surface area contributed by atoms with E-state index >= 15 is 0 Å². The molecule has 1 aromatic heterocycles. The third kappa shape index (κ3) is 2.20. The monoisotopic (exact) mass is 242 g/mol. The molecule has 16 heavy (non-hydrogen) atoms. The molecule has 1 heterocycles. The summed E-state index contributed by atoms with van der Waals surface area (Å²) in [6.45, 7) is 0. The molecule has 2 unspecified atom stereocenters. The topological polar surface area (TPSA) is 73.1 Å². The zero-order chi connectivity index (χ0) is 11.5. The van der Waals surface area contributed by atoms with Crippen LogP contribution in [0.5, 0.6) is 0 Å². The predicted octanol–water partition coefficient (Wildman–Crippen LogP) is 1.69. The highest BCUT2D eigenvalue weighted by Crippen LogP contribution is 2.29. The molecule has 0 bridgehead atoms. The molecule has 1 aliphatic rings. The zero-order valence-electron chi connectivity index (χ0n) is 9.11. The van der Waals surface area contributed by atoms with Gasteiger partial charge in [0.1, 0.15) is 17.2 Å². The normalized spacial score (nSPS) is 24.6. The maximum absolute atomic E-state index is 6.01. The van der Waals surface area contributed by atoms with E-state index in [0.29, 0.717) is 16.7 Å². The van der Waals surface area contributed by atoms with E-state index in [0.717, 1.165) is 19.3 Å². The van der Waals surface area contributed by atoms with Crippen LogP contribution in [0.4, 0.5) is 11.6 Å². The van der Waals surface area contributed by atoms with Crippen LogP contribution in [0.1, 0.15) is 19.3 Å². The zero-order valence-corrected chi connectivity index (χ0v) is 9.87. The Morgan fingerprint density at radius 3 is 3.06 bits per heavy atom. The van der Waals surface area contributed by atoms with Crippen molar-refractivity contribution in [3.8, 4) is 0 Å². The summed E-state index contributed by atoms with van der Waals surface area (Å²) in [4.78, 5) is 7.90. The molecule has 88 valence electrons. The van der Waals surface area contributed by atoms with Crippen molar-refractivity contribution in [3.05, 3.63) is 11.3 Å². The van der Waals surface area contributed by atoms with Crippen LogP contribution in [0.15, 0.2) is 6.33 Å². The Hall–Kier alpha value is -1.07. The predicted molar refractivity (Wildman–Crippen MR) is 63.5 cm³/mol. The minimum absolute atomic E-state index is 0.215. The molecule has 5 nitrogen and oxygen atoms in total.